The molecule has 1 N–H and O–H groups in total. The van der Waals surface area contributed by atoms with Gasteiger partial charge in [-0.2, -0.15) is 4.98 Å². The van der Waals surface area contributed by atoms with Crippen LogP contribution >= 0.6 is 0 Å². The summed E-state index contributed by atoms with van der Waals surface area (Å²) in [6.07, 6.45) is 6.52. The zero-order chi connectivity index (χ0) is 34.4. The van der Waals surface area contributed by atoms with E-state index in [2.05, 4.69) is 138 Å². The highest BCUT2D eigenvalue weighted by molar-refractivity contribution is 5.87. The number of rotatable bonds is 5. The Morgan fingerprint density at radius 2 is 1.02 bits per heavy atom. The minimum Gasteiger partial charge on any atom is -0.246 e. The smallest absolute Gasteiger partial charge is 0.246 e. The molecular formula is C46H33N6+. The number of benzene rings is 6. The third-order valence-corrected chi connectivity index (χ3v) is 10.0. The third kappa shape index (κ3) is 5.16. The van der Waals surface area contributed by atoms with Gasteiger partial charge >= 0.3 is 5.95 Å². The molecule has 1 atom stereocenters. The molecule has 6 aromatic carbocycles. The predicted molar refractivity (Wildman–Crippen MR) is 208 cm³/mol. The van der Waals surface area contributed by atoms with Crippen LogP contribution in [-0.4, -0.2) is 24.5 Å². The highest BCUT2D eigenvalue weighted by Crippen LogP contribution is 2.37. The maximum atomic E-state index is 5.29. The summed E-state index contributed by atoms with van der Waals surface area (Å²) in [4.78, 5) is 21.5. The van der Waals surface area contributed by atoms with Crippen molar-refractivity contribution in [1.82, 2.24) is 24.5 Å². The number of hydrogen-bond donors (Lipinski definition) is 1. The minimum atomic E-state index is 0.633. The van der Waals surface area contributed by atoms with Crippen LogP contribution in [0.2, 0.25) is 0 Å². The Kier molecular flexibility index (Phi) is 7.25. The van der Waals surface area contributed by atoms with E-state index in [-0.39, 0.29) is 0 Å². The van der Waals surface area contributed by atoms with E-state index in [1.54, 1.807) is 0 Å². The van der Waals surface area contributed by atoms with E-state index in [1.807, 2.05) is 36.4 Å². The summed E-state index contributed by atoms with van der Waals surface area (Å²) in [5, 5.41) is 0. The van der Waals surface area contributed by atoms with Crippen LogP contribution in [0.5, 0.6) is 0 Å². The summed E-state index contributed by atoms with van der Waals surface area (Å²) in [6, 6.07) is 54.8. The summed E-state index contributed by atoms with van der Waals surface area (Å²) < 4.78 is 2.34. The van der Waals surface area contributed by atoms with Crippen LogP contribution in [0.4, 0.5) is 11.6 Å². The van der Waals surface area contributed by atoms with Gasteiger partial charge < -0.3 is 0 Å². The fourth-order valence-electron chi connectivity index (χ4n) is 7.53. The zero-order valence-corrected chi connectivity index (χ0v) is 28.3. The molecule has 0 saturated heterocycles. The molecule has 3 heterocycles. The van der Waals surface area contributed by atoms with Gasteiger partial charge in [-0.15, -0.1) is 0 Å². The van der Waals surface area contributed by atoms with Gasteiger partial charge in [0.2, 0.25) is 0 Å². The van der Waals surface area contributed by atoms with E-state index >= 15 is 0 Å². The lowest BCUT2D eigenvalue weighted by Gasteiger charge is -2.21. The first-order chi connectivity index (χ1) is 25.8. The Bertz CT molecular complexity index is 2660. The van der Waals surface area contributed by atoms with Gasteiger partial charge in [0.25, 0.3) is 0 Å². The fraction of sp³-hybridized carbons (Fsp3) is 0.0435. The first-order valence-electron chi connectivity index (χ1n) is 17.7. The van der Waals surface area contributed by atoms with E-state index in [1.165, 1.54) is 22.4 Å². The SMILES string of the molecule is C1=CC2=C(CC1)[NH+](c1ccc(-c3nc(-c4ccccc4)nc(-c4ccc(-c5ccccc5)cc4)n3)cc1)c1nc3ccccc3n1-c1ccccc12. The van der Waals surface area contributed by atoms with Crippen LogP contribution in [0.3, 0.4) is 0 Å². The number of nitrogens with zero attached hydrogens (tertiary/aromatic N) is 5. The van der Waals surface area contributed by atoms with Crippen molar-refractivity contribution in [2.75, 3.05) is 0 Å². The molecule has 1 aliphatic carbocycles. The molecule has 8 aromatic rings. The molecule has 0 radical (unpaired) electrons. The van der Waals surface area contributed by atoms with E-state index in [9.17, 15) is 0 Å². The first kappa shape index (κ1) is 30.1. The second-order valence-corrected chi connectivity index (χ2v) is 13.2. The highest BCUT2D eigenvalue weighted by atomic mass is 15.3. The molecule has 0 bridgehead atoms. The Labute approximate surface area is 301 Å². The Hall–Kier alpha value is -6.76. The predicted octanol–water partition coefficient (Wildman–Crippen LogP) is 9.80. The number of nitrogens with one attached hydrogen (secondary N) is 1. The number of fused-ring (bicyclic) bond motifs is 6. The lowest BCUT2D eigenvalue weighted by molar-refractivity contribution is -0.722. The van der Waals surface area contributed by atoms with Crippen LogP contribution < -0.4 is 4.90 Å². The van der Waals surface area contributed by atoms with Gasteiger partial charge in [0.15, 0.2) is 17.5 Å². The molecule has 2 aromatic heterocycles. The van der Waals surface area contributed by atoms with Gasteiger partial charge in [-0.3, -0.25) is 0 Å². The van der Waals surface area contributed by atoms with Crippen molar-refractivity contribution in [1.29, 1.82) is 0 Å². The highest BCUT2D eigenvalue weighted by Gasteiger charge is 2.36. The average Bonchev–Trinajstić information content (AvgIpc) is 3.55. The van der Waals surface area contributed by atoms with Gasteiger partial charge in [-0.05, 0) is 47.9 Å². The molecule has 0 amide bonds. The van der Waals surface area contributed by atoms with Gasteiger partial charge in [0, 0.05) is 46.4 Å². The van der Waals surface area contributed by atoms with E-state index < -0.39 is 0 Å². The lowest BCUT2D eigenvalue weighted by atomic mass is 9.94. The Morgan fingerprint density at radius 1 is 0.481 bits per heavy atom. The first-order valence-corrected chi connectivity index (χ1v) is 17.7. The number of quaternary nitrogens is 1. The van der Waals surface area contributed by atoms with Crippen molar-refractivity contribution in [2.45, 2.75) is 12.8 Å². The molecule has 0 spiro atoms. The minimum absolute atomic E-state index is 0.633. The molecule has 1 aliphatic heterocycles. The van der Waals surface area contributed by atoms with Gasteiger partial charge in [0.1, 0.15) is 11.4 Å². The van der Waals surface area contributed by atoms with Gasteiger partial charge in [-0.25, -0.2) is 24.4 Å². The van der Waals surface area contributed by atoms with Gasteiger partial charge in [0.05, 0.1) is 16.7 Å². The quantitative estimate of drug-likeness (QED) is 0.198. The van der Waals surface area contributed by atoms with Crippen LogP contribution in [-0.2, 0) is 0 Å². The van der Waals surface area contributed by atoms with Gasteiger partial charge in [-0.1, -0.05) is 127 Å². The summed E-state index contributed by atoms with van der Waals surface area (Å²) in [5.74, 6) is 2.88. The summed E-state index contributed by atoms with van der Waals surface area (Å²) in [7, 11) is 0. The molecule has 2 aliphatic rings. The van der Waals surface area contributed by atoms with Crippen molar-refractivity contribution < 1.29 is 4.90 Å². The molecule has 0 saturated carbocycles. The molecule has 0 fully saturated rings. The van der Waals surface area contributed by atoms with Crippen LogP contribution in [0.1, 0.15) is 18.4 Å². The average molecular weight is 670 g/mol. The third-order valence-electron chi connectivity index (χ3n) is 10.0. The summed E-state index contributed by atoms with van der Waals surface area (Å²) in [5.41, 5.74) is 13.3. The van der Waals surface area contributed by atoms with Crippen molar-refractivity contribution in [3.8, 4) is 51.0 Å². The molecule has 52 heavy (non-hydrogen) atoms. The number of aromatic nitrogens is 5. The van der Waals surface area contributed by atoms with E-state index in [0.29, 0.717) is 17.5 Å². The Balaban J connectivity index is 1.09. The second-order valence-electron chi connectivity index (χ2n) is 13.2. The monoisotopic (exact) mass is 669 g/mol. The van der Waals surface area contributed by atoms with E-state index in [0.717, 1.165) is 68.4 Å². The number of allylic oxidation sites excluding steroid dienone is 4. The Morgan fingerprint density at radius 3 is 1.73 bits per heavy atom. The zero-order valence-electron chi connectivity index (χ0n) is 28.3. The van der Waals surface area contributed by atoms with Crippen LogP contribution in [0.25, 0.3) is 67.6 Å². The molecule has 6 nitrogen and oxygen atoms in total. The molecular weight excluding hydrogens is 637 g/mol. The normalized spacial score (nSPS) is 14.8. The van der Waals surface area contributed by atoms with E-state index in [4.69, 9.17) is 19.9 Å². The van der Waals surface area contributed by atoms with Crippen molar-refractivity contribution in [3.05, 3.63) is 181 Å². The lowest BCUT2D eigenvalue weighted by Crippen LogP contribution is -3.01. The van der Waals surface area contributed by atoms with Crippen molar-refractivity contribution >= 4 is 28.2 Å². The maximum absolute atomic E-state index is 5.29. The van der Waals surface area contributed by atoms with Crippen molar-refractivity contribution in [3.63, 3.8) is 0 Å². The number of hydrogen-bond acceptors (Lipinski definition) is 4. The molecule has 10 rings (SSSR count). The molecule has 1 unspecified atom stereocenters. The number of para-hydroxylation sites is 3. The molecule has 246 valence electrons. The molecule has 6 heteroatoms. The van der Waals surface area contributed by atoms with Crippen molar-refractivity contribution in [2.24, 2.45) is 0 Å². The standard InChI is InChI=1S/C46H32N6/c1-3-13-31(14-4-1)32-23-25-34(26-24-32)44-48-43(33-15-5-2-6-16-33)49-45(50-44)35-27-29-36(30-28-35)51-40-20-10-7-17-37(40)38-18-8-11-21-41(38)52-42-22-12-9-19-39(42)47-46(51)52/h1-9,11-19,21-30H,10,20H2/p+1. The summed E-state index contributed by atoms with van der Waals surface area (Å²) >= 11 is 0. The fourth-order valence-corrected chi connectivity index (χ4v) is 7.53. The topological polar surface area (TPSA) is 60.9 Å². The maximum Gasteiger partial charge on any atom is 0.323 e. The van der Waals surface area contributed by atoms with Crippen LogP contribution in [0, 0.1) is 0 Å². The summed E-state index contributed by atoms with van der Waals surface area (Å²) in [6.45, 7) is 0. The van der Waals surface area contributed by atoms with Crippen LogP contribution in [0.15, 0.2) is 176 Å². The second kappa shape index (κ2) is 12.5. The number of imidazole rings is 1. The largest absolute Gasteiger partial charge is 0.323 e.